The molecule has 0 amide bonds. The number of guanidine groups is 1. The molecule has 0 unspecified atom stereocenters. The minimum Gasteiger partial charge on any atom is -0.370 e. The van der Waals surface area contributed by atoms with Crippen LogP contribution in [0.2, 0.25) is 0 Å². The molecule has 2 fully saturated rings. The fraction of sp³-hybridized carbons (Fsp3) is 0.933. The lowest BCUT2D eigenvalue weighted by molar-refractivity contribution is 0.293. The van der Waals surface area contributed by atoms with E-state index in [2.05, 4.69) is 14.8 Å². The van der Waals surface area contributed by atoms with E-state index in [1.807, 2.05) is 0 Å². The van der Waals surface area contributed by atoms with Crippen LogP contribution >= 0.6 is 0 Å². The third-order valence-corrected chi connectivity index (χ3v) is 4.32. The summed E-state index contributed by atoms with van der Waals surface area (Å²) < 4.78 is 0. The molecule has 19 heavy (non-hydrogen) atoms. The molecule has 0 bridgehead atoms. The van der Waals surface area contributed by atoms with Crippen molar-refractivity contribution >= 4 is 5.96 Å². The number of hydrogen-bond acceptors (Lipinski definition) is 2. The van der Waals surface area contributed by atoms with Gasteiger partial charge in [0.25, 0.3) is 0 Å². The molecule has 2 N–H and O–H groups in total. The average molecular weight is 266 g/mol. The highest BCUT2D eigenvalue weighted by molar-refractivity contribution is 5.78. The molecular weight excluding hydrogens is 236 g/mol. The highest BCUT2D eigenvalue weighted by atomic mass is 15.3. The molecule has 4 nitrogen and oxygen atoms in total. The number of rotatable bonds is 3. The zero-order chi connectivity index (χ0) is 13.3. The van der Waals surface area contributed by atoms with E-state index in [4.69, 9.17) is 5.73 Å². The van der Waals surface area contributed by atoms with Gasteiger partial charge in [0.1, 0.15) is 0 Å². The third-order valence-electron chi connectivity index (χ3n) is 4.32. The average Bonchev–Trinajstić information content (AvgIpc) is 2.83. The molecular formula is C15H30N4. The smallest absolute Gasteiger partial charge is 0.191 e. The Kier molecular flexibility index (Phi) is 6.48. The van der Waals surface area contributed by atoms with Crippen molar-refractivity contribution in [1.29, 1.82) is 0 Å². The first-order valence-corrected chi connectivity index (χ1v) is 8.13. The van der Waals surface area contributed by atoms with E-state index in [1.54, 1.807) is 0 Å². The van der Waals surface area contributed by atoms with Crippen LogP contribution in [0.3, 0.4) is 0 Å². The number of likely N-dealkylation sites (tertiary alicyclic amines) is 2. The van der Waals surface area contributed by atoms with Gasteiger partial charge in [-0.1, -0.05) is 25.7 Å². The van der Waals surface area contributed by atoms with Gasteiger partial charge in [-0.25, -0.2) is 0 Å². The van der Waals surface area contributed by atoms with Crippen LogP contribution in [0.4, 0.5) is 0 Å². The summed E-state index contributed by atoms with van der Waals surface area (Å²) >= 11 is 0. The summed E-state index contributed by atoms with van der Waals surface area (Å²) in [6.07, 6.45) is 10.7. The quantitative estimate of drug-likeness (QED) is 0.628. The summed E-state index contributed by atoms with van der Waals surface area (Å²) in [5.74, 6) is 0.775. The first-order valence-electron chi connectivity index (χ1n) is 8.13. The second-order valence-corrected chi connectivity index (χ2v) is 5.90. The Bertz CT molecular complexity index is 261. The Morgan fingerprint density at radius 1 is 0.789 bits per heavy atom. The van der Waals surface area contributed by atoms with Crippen molar-refractivity contribution in [2.75, 3.05) is 39.3 Å². The molecule has 0 radical (unpaired) electrons. The van der Waals surface area contributed by atoms with Crippen LogP contribution in [0.25, 0.3) is 0 Å². The molecule has 0 atom stereocenters. The normalized spacial score (nSPS) is 24.0. The predicted molar refractivity (Wildman–Crippen MR) is 81.4 cm³/mol. The van der Waals surface area contributed by atoms with Crippen molar-refractivity contribution in [3.63, 3.8) is 0 Å². The number of nitrogens with zero attached hydrogens (tertiary/aromatic N) is 3. The van der Waals surface area contributed by atoms with Gasteiger partial charge in [0, 0.05) is 19.6 Å². The Labute approximate surface area is 118 Å². The molecule has 2 saturated heterocycles. The van der Waals surface area contributed by atoms with E-state index in [9.17, 15) is 0 Å². The summed E-state index contributed by atoms with van der Waals surface area (Å²) in [7, 11) is 0. The highest BCUT2D eigenvalue weighted by Gasteiger charge is 2.11. The van der Waals surface area contributed by atoms with Gasteiger partial charge >= 0.3 is 0 Å². The second kappa shape index (κ2) is 8.41. The Balaban J connectivity index is 1.70. The number of hydrogen-bond donors (Lipinski definition) is 1. The van der Waals surface area contributed by atoms with Crippen molar-refractivity contribution in [3.05, 3.63) is 0 Å². The lowest BCUT2D eigenvalue weighted by Crippen LogP contribution is -2.38. The highest BCUT2D eigenvalue weighted by Crippen LogP contribution is 2.10. The van der Waals surface area contributed by atoms with E-state index in [1.165, 1.54) is 64.5 Å². The monoisotopic (exact) mass is 266 g/mol. The fourth-order valence-electron chi connectivity index (χ4n) is 3.07. The van der Waals surface area contributed by atoms with Crippen LogP contribution in [-0.2, 0) is 0 Å². The molecule has 0 aliphatic carbocycles. The lowest BCUT2D eigenvalue weighted by atomic mass is 10.2. The van der Waals surface area contributed by atoms with Gasteiger partial charge in [-0.3, -0.25) is 4.99 Å². The SMILES string of the molecule is NC(=NCCN1CCCCCC1)N1CCCCCC1. The van der Waals surface area contributed by atoms with E-state index >= 15 is 0 Å². The molecule has 2 aliphatic heterocycles. The van der Waals surface area contributed by atoms with Gasteiger partial charge in [-0.15, -0.1) is 0 Å². The standard InChI is InChI=1S/C15H30N4/c16-15(19-12-7-3-4-8-13-19)17-9-14-18-10-5-1-2-6-11-18/h1-14H2,(H2,16,17). The Morgan fingerprint density at radius 2 is 1.32 bits per heavy atom. The predicted octanol–water partition coefficient (Wildman–Crippen LogP) is 2.05. The molecule has 0 aromatic heterocycles. The van der Waals surface area contributed by atoms with E-state index < -0.39 is 0 Å². The molecule has 0 aromatic carbocycles. The fourth-order valence-corrected chi connectivity index (χ4v) is 3.07. The molecule has 2 heterocycles. The van der Waals surface area contributed by atoms with Gasteiger partial charge in [0.15, 0.2) is 5.96 Å². The molecule has 2 aliphatic rings. The summed E-state index contributed by atoms with van der Waals surface area (Å²) in [5.41, 5.74) is 6.12. The Morgan fingerprint density at radius 3 is 1.89 bits per heavy atom. The van der Waals surface area contributed by atoms with Crippen molar-refractivity contribution in [2.45, 2.75) is 51.4 Å². The Hall–Kier alpha value is -0.770. The van der Waals surface area contributed by atoms with E-state index in [0.717, 1.165) is 32.1 Å². The minimum atomic E-state index is 0.775. The minimum absolute atomic E-state index is 0.775. The van der Waals surface area contributed by atoms with Crippen molar-refractivity contribution in [1.82, 2.24) is 9.80 Å². The summed E-state index contributed by atoms with van der Waals surface area (Å²) in [6, 6.07) is 0. The van der Waals surface area contributed by atoms with Gasteiger partial charge < -0.3 is 15.5 Å². The van der Waals surface area contributed by atoms with Crippen LogP contribution < -0.4 is 5.73 Å². The summed E-state index contributed by atoms with van der Waals surface area (Å²) in [6.45, 7) is 6.63. The maximum absolute atomic E-state index is 6.12. The molecule has 0 spiro atoms. The molecule has 0 saturated carbocycles. The topological polar surface area (TPSA) is 44.9 Å². The van der Waals surface area contributed by atoms with Gasteiger partial charge in [-0.05, 0) is 38.8 Å². The van der Waals surface area contributed by atoms with Crippen molar-refractivity contribution in [2.24, 2.45) is 10.7 Å². The maximum Gasteiger partial charge on any atom is 0.191 e. The molecule has 2 rings (SSSR count). The van der Waals surface area contributed by atoms with Crippen LogP contribution in [0.5, 0.6) is 0 Å². The maximum atomic E-state index is 6.12. The van der Waals surface area contributed by atoms with E-state index in [-0.39, 0.29) is 0 Å². The van der Waals surface area contributed by atoms with Crippen LogP contribution in [0.1, 0.15) is 51.4 Å². The second-order valence-electron chi connectivity index (χ2n) is 5.90. The lowest BCUT2D eigenvalue weighted by Gasteiger charge is -2.22. The third kappa shape index (κ3) is 5.39. The van der Waals surface area contributed by atoms with Crippen molar-refractivity contribution < 1.29 is 0 Å². The first kappa shape index (κ1) is 14.6. The largest absolute Gasteiger partial charge is 0.370 e. The zero-order valence-electron chi connectivity index (χ0n) is 12.3. The zero-order valence-corrected chi connectivity index (χ0v) is 12.3. The van der Waals surface area contributed by atoms with Gasteiger partial charge in [0.2, 0.25) is 0 Å². The van der Waals surface area contributed by atoms with Gasteiger partial charge in [-0.2, -0.15) is 0 Å². The molecule has 0 aromatic rings. The van der Waals surface area contributed by atoms with Crippen molar-refractivity contribution in [3.8, 4) is 0 Å². The van der Waals surface area contributed by atoms with Crippen LogP contribution in [0, 0.1) is 0 Å². The van der Waals surface area contributed by atoms with E-state index in [0.29, 0.717) is 0 Å². The summed E-state index contributed by atoms with van der Waals surface area (Å²) in [4.78, 5) is 9.41. The molecule has 110 valence electrons. The van der Waals surface area contributed by atoms with Crippen LogP contribution in [-0.4, -0.2) is 55.0 Å². The number of aliphatic imine (C=N–C) groups is 1. The first-order chi connectivity index (χ1) is 9.36. The number of nitrogens with two attached hydrogens (primary N) is 1. The van der Waals surface area contributed by atoms with Crippen LogP contribution in [0.15, 0.2) is 4.99 Å². The molecule has 4 heteroatoms. The van der Waals surface area contributed by atoms with Gasteiger partial charge in [0.05, 0.1) is 6.54 Å². The summed E-state index contributed by atoms with van der Waals surface area (Å²) in [5, 5.41) is 0.